The third-order valence-corrected chi connectivity index (χ3v) is 5.11. The third kappa shape index (κ3) is 3.63. The quantitative estimate of drug-likeness (QED) is 0.852. The minimum Gasteiger partial charge on any atom is -0.314 e. The van der Waals surface area contributed by atoms with Crippen LogP contribution in [0.4, 0.5) is 8.78 Å². The van der Waals surface area contributed by atoms with E-state index in [-0.39, 0.29) is 5.41 Å². The third-order valence-electron chi connectivity index (χ3n) is 5.11. The highest BCUT2D eigenvalue weighted by Gasteiger charge is 2.39. The van der Waals surface area contributed by atoms with E-state index in [9.17, 15) is 8.78 Å². The van der Waals surface area contributed by atoms with Crippen LogP contribution in [0.5, 0.6) is 0 Å². The molecule has 0 aromatic heterocycles. The Bertz CT molecular complexity index is 464. The predicted octanol–water partition coefficient (Wildman–Crippen LogP) is 4.66. The lowest BCUT2D eigenvalue weighted by Crippen LogP contribution is -2.48. The van der Waals surface area contributed by atoms with Crippen molar-refractivity contribution in [2.24, 2.45) is 11.8 Å². The molecule has 3 atom stereocenters. The Labute approximate surface area is 127 Å². The molecule has 2 rings (SSSR count). The molecule has 1 aliphatic rings. The predicted molar refractivity (Wildman–Crippen MR) is 83.4 cm³/mol. The van der Waals surface area contributed by atoms with Crippen LogP contribution < -0.4 is 5.32 Å². The molecule has 0 saturated heterocycles. The molecule has 1 aromatic carbocycles. The second kappa shape index (κ2) is 6.43. The number of halogens is 2. The van der Waals surface area contributed by atoms with Crippen LogP contribution in [0.25, 0.3) is 0 Å². The Kier molecular flexibility index (Phi) is 5.03. The van der Waals surface area contributed by atoms with E-state index in [4.69, 9.17) is 0 Å². The van der Waals surface area contributed by atoms with Crippen molar-refractivity contribution in [2.45, 2.75) is 58.4 Å². The first-order chi connectivity index (χ1) is 9.84. The summed E-state index contributed by atoms with van der Waals surface area (Å²) in [5, 5.41) is 3.58. The zero-order valence-electron chi connectivity index (χ0n) is 13.5. The molecule has 3 unspecified atom stereocenters. The van der Waals surface area contributed by atoms with E-state index in [0.29, 0.717) is 17.9 Å². The van der Waals surface area contributed by atoms with E-state index in [0.717, 1.165) is 31.0 Å². The van der Waals surface area contributed by atoms with Crippen molar-refractivity contribution >= 4 is 0 Å². The molecule has 0 radical (unpaired) electrons. The summed E-state index contributed by atoms with van der Waals surface area (Å²) < 4.78 is 27.2. The maximum absolute atomic E-state index is 13.6. The fourth-order valence-corrected chi connectivity index (χ4v) is 3.87. The highest BCUT2D eigenvalue weighted by molar-refractivity contribution is 5.27. The fraction of sp³-hybridized carbons (Fsp3) is 0.667. The number of hydrogen-bond acceptors (Lipinski definition) is 1. The zero-order valence-corrected chi connectivity index (χ0v) is 13.5. The average molecular weight is 295 g/mol. The normalized spacial score (nSPS) is 26.9. The van der Waals surface area contributed by atoms with Gasteiger partial charge in [0.05, 0.1) is 0 Å². The molecule has 1 aliphatic carbocycles. The first kappa shape index (κ1) is 16.4. The summed E-state index contributed by atoms with van der Waals surface area (Å²) in [7, 11) is 0. The summed E-state index contributed by atoms with van der Waals surface area (Å²) >= 11 is 0. The van der Waals surface area contributed by atoms with Crippen molar-refractivity contribution < 1.29 is 8.78 Å². The van der Waals surface area contributed by atoms with Gasteiger partial charge in [0, 0.05) is 12.1 Å². The molecule has 0 bridgehead atoms. The van der Waals surface area contributed by atoms with Gasteiger partial charge >= 0.3 is 0 Å². The van der Waals surface area contributed by atoms with Crippen LogP contribution in [-0.4, -0.2) is 12.6 Å². The first-order valence-electron chi connectivity index (χ1n) is 8.04. The van der Waals surface area contributed by atoms with Crippen molar-refractivity contribution in [3.63, 3.8) is 0 Å². The number of benzene rings is 1. The summed E-state index contributed by atoms with van der Waals surface area (Å²) in [4.78, 5) is 0. The SMILES string of the molecule is CCNC1CC(C)CCC1C(C)(C)c1cc(F)cc(F)c1. The van der Waals surface area contributed by atoms with Gasteiger partial charge in [0.15, 0.2) is 0 Å². The Balaban J connectivity index is 2.31. The van der Waals surface area contributed by atoms with E-state index in [1.165, 1.54) is 18.6 Å². The van der Waals surface area contributed by atoms with Crippen LogP contribution in [-0.2, 0) is 5.41 Å². The lowest BCUT2D eigenvalue weighted by atomic mass is 9.63. The minimum absolute atomic E-state index is 0.240. The molecule has 0 heterocycles. The van der Waals surface area contributed by atoms with Crippen molar-refractivity contribution in [1.82, 2.24) is 5.32 Å². The van der Waals surface area contributed by atoms with Gasteiger partial charge in [-0.1, -0.05) is 34.1 Å². The Morgan fingerprint density at radius 1 is 1.14 bits per heavy atom. The van der Waals surface area contributed by atoms with Gasteiger partial charge in [-0.25, -0.2) is 8.78 Å². The Hall–Kier alpha value is -0.960. The summed E-state index contributed by atoms with van der Waals surface area (Å²) in [5.74, 6) is 0.143. The maximum atomic E-state index is 13.6. The number of rotatable bonds is 4. The maximum Gasteiger partial charge on any atom is 0.126 e. The molecule has 118 valence electrons. The molecule has 1 saturated carbocycles. The molecular formula is C18H27F2N. The number of hydrogen-bond donors (Lipinski definition) is 1. The monoisotopic (exact) mass is 295 g/mol. The van der Waals surface area contributed by atoms with Gasteiger partial charge in [0.2, 0.25) is 0 Å². The van der Waals surface area contributed by atoms with Gasteiger partial charge in [-0.2, -0.15) is 0 Å². The lowest BCUT2D eigenvalue weighted by molar-refractivity contribution is 0.146. The average Bonchev–Trinajstić information content (AvgIpc) is 2.37. The number of nitrogens with one attached hydrogen (secondary N) is 1. The highest BCUT2D eigenvalue weighted by Crippen LogP contribution is 2.42. The van der Waals surface area contributed by atoms with Crippen LogP contribution in [0, 0.1) is 23.5 Å². The van der Waals surface area contributed by atoms with Crippen molar-refractivity contribution in [3.05, 3.63) is 35.4 Å². The van der Waals surface area contributed by atoms with E-state index in [2.05, 4.69) is 33.0 Å². The van der Waals surface area contributed by atoms with E-state index in [1.807, 2.05) is 0 Å². The van der Waals surface area contributed by atoms with Crippen molar-refractivity contribution in [1.29, 1.82) is 0 Å². The molecule has 1 aromatic rings. The van der Waals surface area contributed by atoms with Gasteiger partial charge in [-0.05, 0) is 54.3 Å². The largest absolute Gasteiger partial charge is 0.314 e. The summed E-state index contributed by atoms with van der Waals surface area (Å²) in [6.07, 6.45) is 3.43. The van der Waals surface area contributed by atoms with E-state index < -0.39 is 11.6 Å². The Morgan fingerprint density at radius 3 is 2.33 bits per heavy atom. The van der Waals surface area contributed by atoms with Gasteiger partial charge in [-0.15, -0.1) is 0 Å². The molecule has 1 nitrogen and oxygen atoms in total. The lowest BCUT2D eigenvalue weighted by Gasteiger charge is -2.45. The molecule has 0 amide bonds. The van der Waals surface area contributed by atoms with Crippen LogP contribution >= 0.6 is 0 Å². The van der Waals surface area contributed by atoms with Gasteiger partial charge < -0.3 is 5.32 Å². The fourth-order valence-electron chi connectivity index (χ4n) is 3.87. The zero-order chi connectivity index (χ0) is 15.6. The molecular weight excluding hydrogens is 268 g/mol. The molecule has 1 fully saturated rings. The van der Waals surface area contributed by atoms with Crippen LogP contribution in [0.2, 0.25) is 0 Å². The standard InChI is InChI=1S/C18H27F2N/c1-5-21-17-8-12(2)6-7-16(17)18(3,4)13-9-14(19)11-15(20)10-13/h9-12,16-17,21H,5-8H2,1-4H3. The molecule has 0 spiro atoms. The van der Waals surface area contributed by atoms with Crippen LogP contribution in [0.3, 0.4) is 0 Å². The van der Waals surface area contributed by atoms with Gasteiger partial charge in [-0.3, -0.25) is 0 Å². The molecule has 3 heteroatoms. The summed E-state index contributed by atoms with van der Waals surface area (Å²) in [6.45, 7) is 9.57. The summed E-state index contributed by atoms with van der Waals surface area (Å²) in [5.41, 5.74) is 0.526. The minimum atomic E-state index is -0.484. The molecule has 0 aliphatic heterocycles. The van der Waals surface area contributed by atoms with Crippen molar-refractivity contribution in [2.75, 3.05) is 6.54 Å². The smallest absolute Gasteiger partial charge is 0.126 e. The molecule has 1 N–H and O–H groups in total. The van der Waals surface area contributed by atoms with Crippen LogP contribution in [0.1, 0.15) is 52.5 Å². The van der Waals surface area contributed by atoms with E-state index in [1.54, 1.807) is 0 Å². The van der Waals surface area contributed by atoms with Gasteiger partial charge in [0.25, 0.3) is 0 Å². The highest BCUT2D eigenvalue weighted by atomic mass is 19.1. The van der Waals surface area contributed by atoms with Crippen LogP contribution in [0.15, 0.2) is 18.2 Å². The Morgan fingerprint density at radius 2 is 1.76 bits per heavy atom. The second-order valence-electron chi connectivity index (χ2n) is 7.07. The topological polar surface area (TPSA) is 12.0 Å². The summed E-state index contributed by atoms with van der Waals surface area (Å²) in [6, 6.07) is 4.35. The van der Waals surface area contributed by atoms with Gasteiger partial charge in [0.1, 0.15) is 11.6 Å². The second-order valence-corrected chi connectivity index (χ2v) is 7.07. The molecule has 21 heavy (non-hydrogen) atoms. The van der Waals surface area contributed by atoms with E-state index >= 15 is 0 Å². The first-order valence-corrected chi connectivity index (χ1v) is 8.04. The van der Waals surface area contributed by atoms with Crippen molar-refractivity contribution in [3.8, 4) is 0 Å².